The van der Waals surface area contributed by atoms with Crippen molar-refractivity contribution in [1.82, 2.24) is 14.9 Å². The molecule has 0 radical (unpaired) electrons. The molecule has 0 atom stereocenters. The van der Waals surface area contributed by atoms with E-state index in [1.54, 1.807) is 0 Å². The summed E-state index contributed by atoms with van der Waals surface area (Å²) < 4.78 is 29.8. The van der Waals surface area contributed by atoms with E-state index in [-0.39, 0.29) is 24.2 Å². The minimum atomic E-state index is -3.11. The van der Waals surface area contributed by atoms with Crippen LogP contribution in [0.3, 0.4) is 0 Å². The Balaban J connectivity index is 1.68. The summed E-state index contributed by atoms with van der Waals surface area (Å²) in [6.07, 6.45) is 2.52. The van der Waals surface area contributed by atoms with Gasteiger partial charge in [-0.3, -0.25) is 4.79 Å². The summed E-state index contributed by atoms with van der Waals surface area (Å²) in [6, 6.07) is 0.0384. The van der Waals surface area contributed by atoms with Gasteiger partial charge in [-0.15, -0.1) is 0 Å². The monoisotopic (exact) mass is 305 g/mol. The van der Waals surface area contributed by atoms with E-state index in [9.17, 15) is 13.2 Å². The maximum Gasteiger partial charge on any atom is 0.246 e. The summed E-state index contributed by atoms with van der Waals surface area (Å²) in [6.45, 7) is 4.50. The lowest BCUT2D eigenvalue weighted by Gasteiger charge is -2.39. The molecule has 0 bridgehead atoms. The van der Waals surface area contributed by atoms with Gasteiger partial charge in [0.05, 0.1) is 11.9 Å². The molecule has 7 nitrogen and oxygen atoms in total. The molecule has 2 N–H and O–H groups in total. The molecule has 0 aromatic rings. The van der Waals surface area contributed by atoms with Crippen LogP contribution in [0.15, 0.2) is 0 Å². The van der Waals surface area contributed by atoms with Crippen molar-refractivity contribution < 1.29 is 17.9 Å². The van der Waals surface area contributed by atoms with Crippen molar-refractivity contribution in [3.8, 4) is 0 Å². The van der Waals surface area contributed by atoms with E-state index < -0.39 is 10.0 Å². The van der Waals surface area contributed by atoms with Crippen molar-refractivity contribution in [2.75, 3.05) is 39.0 Å². The van der Waals surface area contributed by atoms with Gasteiger partial charge in [0.1, 0.15) is 6.61 Å². The molecular weight excluding hydrogens is 282 g/mol. The second kappa shape index (κ2) is 5.97. The van der Waals surface area contributed by atoms with E-state index in [4.69, 9.17) is 4.74 Å². The second-order valence-electron chi connectivity index (χ2n) is 5.85. The first kappa shape index (κ1) is 15.7. The fourth-order valence-corrected chi connectivity index (χ4v) is 3.29. The van der Waals surface area contributed by atoms with Gasteiger partial charge in [0.15, 0.2) is 0 Å². The fourth-order valence-electron chi connectivity index (χ4n) is 2.42. The molecule has 0 spiro atoms. The number of ether oxygens (including phenoxy) is 1. The third kappa shape index (κ3) is 4.15. The molecule has 0 unspecified atom stereocenters. The van der Waals surface area contributed by atoms with E-state index in [0.29, 0.717) is 25.9 Å². The number of carbonyl (C=O) groups excluding carboxylic acids is 1. The second-order valence-corrected chi connectivity index (χ2v) is 7.83. The molecule has 2 rings (SSSR count). The minimum absolute atomic E-state index is 0.0384. The third-order valence-corrected chi connectivity index (χ3v) is 5.14. The van der Waals surface area contributed by atoms with E-state index in [1.165, 1.54) is 10.6 Å². The molecular formula is C12H23N3O4S. The molecule has 2 heterocycles. The van der Waals surface area contributed by atoms with Crippen molar-refractivity contribution in [3.05, 3.63) is 0 Å². The van der Waals surface area contributed by atoms with Crippen LogP contribution in [-0.2, 0) is 19.6 Å². The third-order valence-electron chi connectivity index (χ3n) is 3.84. The van der Waals surface area contributed by atoms with Crippen LogP contribution in [0.4, 0.5) is 0 Å². The Morgan fingerprint density at radius 3 is 2.45 bits per heavy atom. The molecule has 0 aromatic heterocycles. The summed E-state index contributed by atoms with van der Waals surface area (Å²) in [7, 11) is -3.11. The zero-order valence-corrected chi connectivity index (χ0v) is 12.8. The molecule has 1 amide bonds. The van der Waals surface area contributed by atoms with Crippen LogP contribution in [0.1, 0.15) is 19.8 Å². The first-order valence-electron chi connectivity index (χ1n) is 6.88. The smallest absolute Gasteiger partial charge is 0.246 e. The average Bonchev–Trinajstić information content (AvgIpc) is 2.33. The number of sulfonamides is 1. The zero-order chi connectivity index (χ0) is 14.8. The van der Waals surface area contributed by atoms with Gasteiger partial charge in [0.2, 0.25) is 15.9 Å². The standard InChI is InChI=1S/C12H23N3O4S/c1-12(8-13-9-12)19-7-11(16)14-10-3-5-15(6-4-10)20(2,17)18/h10,13H,3-9H2,1-2H3,(H,14,16). The molecule has 20 heavy (non-hydrogen) atoms. The van der Waals surface area contributed by atoms with E-state index in [1.807, 2.05) is 6.92 Å². The van der Waals surface area contributed by atoms with Crippen LogP contribution >= 0.6 is 0 Å². The van der Waals surface area contributed by atoms with Crippen molar-refractivity contribution >= 4 is 15.9 Å². The highest BCUT2D eigenvalue weighted by molar-refractivity contribution is 7.88. The highest BCUT2D eigenvalue weighted by Crippen LogP contribution is 2.15. The van der Waals surface area contributed by atoms with Crippen LogP contribution in [0, 0.1) is 0 Å². The van der Waals surface area contributed by atoms with Crippen molar-refractivity contribution in [1.29, 1.82) is 0 Å². The predicted octanol–water partition coefficient (Wildman–Crippen LogP) is -1.09. The quantitative estimate of drug-likeness (QED) is 0.673. The Kier molecular flexibility index (Phi) is 4.68. The maximum absolute atomic E-state index is 11.8. The molecule has 8 heteroatoms. The first-order chi connectivity index (χ1) is 9.28. The van der Waals surface area contributed by atoms with Gasteiger partial charge in [-0.1, -0.05) is 0 Å². The SMILES string of the molecule is CC1(OCC(=O)NC2CCN(S(C)(=O)=O)CC2)CNC1. The highest BCUT2D eigenvalue weighted by atomic mass is 32.2. The van der Waals surface area contributed by atoms with Crippen LogP contribution in [0.2, 0.25) is 0 Å². The number of amides is 1. The van der Waals surface area contributed by atoms with Gasteiger partial charge in [-0.05, 0) is 19.8 Å². The van der Waals surface area contributed by atoms with E-state index >= 15 is 0 Å². The Hall–Kier alpha value is -0.700. The lowest BCUT2D eigenvalue weighted by molar-refractivity contribution is -0.136. The predicted molar refractivity (Wildman–Crippen MR) is 74.8 cm³/mol. The topological polar surface area (TPSA) is 87.7 Å². The summed E-state index contributed by atoms with van der Waals surface area (Å²) >= 11 is 0. The number of nitrogens with one attached hydrogen (secondary N) is 2. The lowest BCUT2D eigenvalue weighted by Crippen LogP contribution is -2.60. The Bertz CT molecular complexity index is 453. The summed E-state index contributed by atoms with van der Waals surface area (Å²) in [5, 5.41) is 6.01. The Labute approximate surface area is 120 Å². The largest absolute Gasteiger partial charge is 0.363 e. The summed E-state index contributed by atoms with van der Waals surface area (Å²) in [5.74, 6) is -0.129. The maximum atomic E-state index is 11.8. The van der Waals surface area contributed by atoms with Crippen LogP contribution in [0.25, 0.3) is 0 Å². The molecule has 0 aliphatic carbocycles. The summed E-state index contributed by atoms with van der Waals surface area (Å²) in [5.41, 5.74) is -0.225. The number of nitrogens with zero attached hydrogens (tertiary/aromatic N) is 1. The molecule has 2 fully saturated rings. The molecule has 2 saturated heterocycles. The molecule has 116 valence electrons. The van der Waals surface area contributed by atoms with Crippen molar-refractivity contribution in [2.24, 2.45) is 0 Å². The number of piperidine rings is 1. The van der Waals surface area contributed by atoms with E-state index in [0.717, 1.165) is 13.1 Å². The fraction of sp³-hybridized carbons (Fsp3) is 0.917. The van der Waals surface area contributed by atoms with Crippen LogP contribution in [0.5, 0.6) is 0 Å². The van der Waals surface area contributed by atoms with Gasteiger partial charge in [-0.2, -0.15) is 0 Å². The van der Waals surface area contributed by atoms with Crippen LogP contribution < -0.4 is 10.6 Å². The average molecular weight is 305 g/mol. The normalized spacial score (nSPS) is 24.1. The number of rotatable bonds is 5. The Morgan fingerprint density at radius 1 is 1.40 bits per heavy atom. The molecule has 2 aliphatic rings. The number of hydrogen-bond acceptors (Lipinski definition) is 5. The number of hydrogen-bond donors (Lipinski definition) is 2. The lowest BCUT2D eigenvalue weighted by atomic mass is 10.0. The van der Waals surface area contributed by atoms with Gasteiger partial charge in [0, 0.05) is 32.2 Å². The summed E-state index contributed by atoms with van der Waals surface area (Å²) in [4.78, 5) is 11.8. The van der Waals surface area contributed by atoms with Crippen molar-refractivity contribution in [2.45, 2.75) is 31.4 Å². The molecule has 2 aliphatic heterocycles. The zero-order valence-electron chi connectivity index (χ0n) is 12.0. The van der Waals surface area contributed by atoms with Gasteiger partial charge in [-0.25, -0.2) is 12.7 Å². The molecule has 0 saturated carbocycles. The van der Waals surface area contributed by atoms with Crippen molar-refractivity contribution in [3.63, 3.8) is 0 Å². The Morgan fingerprint density at radius 2 is 2.00 bits per heavy atom. The minimum Gasteiger partial charge on any atom is -0.363 e. The van der Waals surface area contributed by atoms with Gasteiger partial charge in [0.25, 0.3) is 0 Å². The van der Waals surface area contributed by atoms with Crippen LogP contribution in [-0.4, -0.2) is 69.3 Å². The van der Waals surface area contributed by atoms with Gasteiger partial charge >= 0.3 is 0 Å². The van der Waals surface area contributed by atoms with E-state index in [2.05, 4.69) is 10.6 Å². The highest BCUT2D eigenvalue weighted by Gasteiger charge is 2.33. The first-order valence-corrected chi connectivity index (χ1v) is 8.72. The molecule has 0 aromatic carbocycles. The van der Waals surface area contributed by atoms with Gasteiger partial charge < -0.3 is 15.4 Å². The number of carbonyl (C=O) groups is 1.